The molecule has 0 aliphatic carbocycles. The Kier molecular flexibility index (Phi) is 3.34. The predicted octanol–water partition coefficient (Wildman–Crippen LogP) is 2.11. The van der Waals surface area contributed by atoms with Crippen LogP contribution >= 0.6 is 15.9 Å². The smallest absolute Gasteiger partial charge is 0.158 e. The van der Waals surface area contributed by atoms with Gasteiger partial charge in [-0.3, -0.25) is 4.98 Å². The largest absolute Gasteiger partial charge is 0.303 e. The van der Waals surface area contributed by atoms with Gasteiger partial charge in [0, 0.05) is 12.6 Å². The average molecular weight is 232 g/mol. The Bertz CT molecular complexity index is 290. The van der Waals surface area contributed by atoms with Crippen LogP contribution in [-0.2, 0) is 11.2 Å². The number of halogens is 2. The molecule has 4 heteroatoms. The van der Waals surface area contributed by atoms with Gasteiger partial charge in [-0.15, -0.1) is 0 Å². The summed E-state index contributed by atoms with van der Waals surface area (Å²) in [5, 5.41) is 0. The van der Waals surface area contributed by atoms with E-state index in [0.717, 1.165) is 6.29 Å². The third kappa shape index (κ3) is 2.11. The summed E-state index contributed by atoms with van der Waals surface area (Å²) < 4.78 is 13.5. The molecule has 0 unspecified atom stereocenters. The lowest BCUT2D eigenvalue weighted by molar-refractivity contribution is -0.107. The molecule has 12 heavy (non-hydrogen) atoms. The molecule has 0 bridgehead atoms. The minimum Gasteiger partial charge on any atom is -0.303 e. The maximum Gasteiger partial charge on any atom is 0.158 e. The van der Waals surface area contributed by atoms with Gasteiger partial charge in [0.25, 0.3) is 0 Å². The lowest BCUT2D eigenvalue weighted by Crippen LogP contribution is -1.95. The molecular formula is C8H7BrFNO. The minimum atomic E-state index is -0.376. The molecule has 0 aliphatic rings. The molecule has 0 saturated heterocycles. The van der Waals surface area contributed by atoms with Crippen molar-refractivity contribution < 1.29 is 9.18 Å². The van der Waals surface area contributed by atoms with E-state index >= 15 is 0 Å². The number of aromatic nitrogens is 1. The highest BCUT2D eigenvalue weighted by Gasteiger charge is 2.05. The molecule has 0 aliphatic heterocycles. The van der Waals surface area contributed by atoms with Gasteiger partial charge < -0.3 is 4.79 Å². The minimum absolute atomic E-state index is 0.306. The molecule has 64 valence electrons. The van der Waals surface area contributed by atoms with Crippen LogP contribution in [0.25, 0.3) is 0 Å². The van der Waals surface area contributed by atoms with Gasteiger partial charge in [-0.05, 0) is 28.4 Å². The Balaban J connectivity index is 2.84. The number of carbonyl (C=O) groups is 1. The Morgan fingerprint density at radius 1 is 1.67 bits per heavy atom. The number of aldehydes is 1. The molecule has 1 aromatic rings. The number of aryl methyl sites for hydroxylation is 1. The van der Waals surface area contributed by atoms with Crippen LogP contribution in [0.2, 0.25) is 0 Å². The van der Waals surface area contributed by atoms with Gasteiger partial charge in [0.05, 0.1) is 10.2 Å². The summed E-state index contributed by atoms with van der Waals surface area (Å²) >= 11 is 3.03. The number of nitrogens with zero attached hydrogens (tertiary/aromatic N) is 1. The van der Waals surface area contributed by atoms with E-state index in [1.165, 1.54) is 12.3 Å². The summed E-state index contributed by atoms with van der Waals surface area (Å²) in [5.74, 6) is -0.376. The number of hydrogen-bond donors (Lipinski definition) is 0. The first-order valence-corrected chi connectivity index (χ1v) is 4.27. The first-order chi connectivity index (χ1) is 5.75. The molecule has 0 fully saturated rings. The van der Waals surface area contributed by atoms with Crippen LogP contribution in [0.15, 0.2) is 16.7 Å². The summed E-state index contributed by atoms with van der Waals surface area (Å²) in [6, 6.07) is 1.53. The molecule has 0 radical (unpaired) electrons. The van der Waals surface area contributed by atoms with Crippen LogP contribution in [-0.4, -0.2) is 11.3 Å². The summed E-state index contributed by atoms with van der Waals surface area (Å²) in [7, 11) is 0. The summed E-state index contributed by atoms with van der Waals surface area (Å²) in [5.41, 5.74) is 0.330. The summed E-state index contributed by atoms with van der Waals surface area (Å²) in [6.45, 7) is 0. The predicted molar refractivity (Wildman–Crippen MR) is 46.3 cm³/mol. The molecule has 0 saturated carbocycles. The zero-order valence-electron chi connectivity index (χ0n) is 6.26. The van der Waals surface area contributed by atoms with Gasteiger partial charge >= 0.3 is 0 Å². The second-order valence-corrected chi connectivity index (χ2v) is 3.11. The Morgan fingerprint density at radius 3 is 3.08 bits per heavy atom. The van der Waals surface area contributed by atoms with Crippen molar-refractivity contribution in [2.75, 3.05) is 0 Å². The number of rotatable bonds is 3. The van der Waals surface area contributed by atoms with Crippen molar-refractivity contribution in [2.45, 2.75) is 12.8 Å². The summed E-state index contributed by atoms with van der Waals surface area (Å²) in [4.78, 5) is 13.8. The average Bonchev–Trinajstić information content (AvgIpc) is 2.08. The fourth-order valence-corrected chi connectivity index (χ4v) is 1.18. The van der Waals surface area contributed by atoms with E-state index in [-0.39, 0.29) is 5.82 Å². The number of hydrogen-bond acceptors (Lipinski definition) is 2. The van der Waals surface area contributed by atoms with Gasteiger partial charge in [-0.1, -0.05) is 0 Å². The normalized spacial score (nSPS) is 9.83. The SMILES string of the molecule is O=CCCc1nccc(Br)c1F. The molecule has 0 aromatic carbocycles. The standard InChI is InChI=1S/C8H7BrFNO/c9-6-3-4-11-7(8(6)10)2-1-5-12/h3-5H,1-2H2. The first-order valence-electron chi connectivity index (χ1n) is 3.48. The Hall–Kier alpha value is -0.770. The van der Waals surface area contributed by atoms with Gasteiger partial charge in [-0.2, -0.15) is 0 Å². The van der Waals surface area contributed by atoms with E-state index in [1.54, 1.807) is 0 Å². The van der Waals surface area contributed by atoms with E-state index in [1.807, 2.05) is 0 Å². The molecule has 2 nitrogen and oxygen atoms in total. The van der Waals surface area contributed by atoms with Crippen LogP contribution < -0.4 is 0 Å². The fraction of sp³-hybridized carbons (Fsp3) is 0.250. The van der Waals surface area contributed by atoms with Crippen molar-refractivity contribution in [2.24, 2.45) is 0 Å². The third-order valence-electron chi connectivity index (χ3n) is 1.41. The van der Waals surface area contributed by atoms with Crippen LogP contribution in [0.4, 0.5) is 4.39 Å². The van der Waals surface area contributed by atoms with Crippen molar-refractivity contribution in [3.05, 3.63) is 28.2 Å². The fourth-order valence-electron chi connectivity index (χ4n) is 0.830. The molecule has 0 amide bonds. The lowest BCUT2D eigenvalue weighted by Gasteiger charge is -1.99. The lowest BCUT2D eigenvalue weighted by atomic mass is 10.2. The maximum atomic E-state index is 13.1. The zero-order chi connectivity index (χ0) is 8.97. The van der Waals surface area contributed by atoms with Crippen molar-refractivity contribution in [3.8, 4) is 0 Å². The maximum absolute atomic E-state index is 13.1. The van der Waals surface area contributed by atoms with Gasteiger partial charge in [0.1, 0.15) is 6.29 Å². The van der Waals surface area contributed by atoms with Crippen molar-refractivity contribution >= 4 is 22.2 Å². The van der Waals surface area contributed by atoms with Crippen LogP contribution in [0.1, 0.15) is 12.1 Å². The van der Waals surface area contributed by atoms with E-state index < -0.39 is 0 Å². The van der Waals surface area contributed by atoms with Crippen LogP contribution in [0.5, 0.6) is 0 Å². The quantitative estimate of drug-likeness (QED) is 0.747. The second-order valence-electron chi connectivity index (χ2n) is 2.26. The molecule has 1 rings (SSSR count). The molecule has 1 heterocycles. The topological polar surface area (TPSA) is 30.0 Å². The molecule has 0 spiro atoms. The molecule has 0 N–H and O–H groups in total. The number of pyridine rings is 1. The Morgan fingerprint density at radius 2 is 2.42 bits per heavy atom. The van der Waals surface area contributed by atoms with Crippen LogP contribution in [0, 0.1) is 5.82 Å². The summed E-state index contributed by atoms with van der Waals surface area (Å²) in [6.07, 6.45) is 2.92. The Labute approximate surface area is 77.9 Å². The highest BCUT2D eigenvalue weighted by atomic mass is 79.9. The van der Waals surface area contributed by atoms with Gasteiger partial charge in [0.15, 0.2) is 5.82 Å². The molecule has 1 aromatic heterocycles. The van der Waals surface area contributed by atoms with E-state index in [0.29, 0.717) is 23.0 Å². The zero-order valence-corrected chi connectivity index (χ0v) is 7.84. The second kappa shape index (κ2) is 4.30. The third-order valence-corrected chi connectivity index (χ3v) is 2.03. The molecule has 0 atom stereocenters. The van der Waals surface area contributed by atoms with Crippen molar-refractivity contribution in [1.82, 2.24) is 4.98 Å². The van der Waals surface area contributed by atoms with Gasteiger partial charge in [-0.25, -0.2) is 4.39 Å². The van der Waals surface area contributed by atoms with Crippen molar-refractivity contribution in [1.29, 1.82) is 0 Å². The monoisotopic (exact) mass is 231 g/mol. The molecular weight excluding hydrogens is 225 g/mol. The first kappa shape index (κ1) is 9.32. The van der Waals surface area contributed by atoms with Crippen LogP contribution in [0.3, 0.4) is 0 Å². The highest BCUT2D eigenvalue weighted by molar-refractivity contribution is 9.10. The van der Waals surface area contributed by atoms with E-state index in [9.17, 15) is 9.18 Å². The van der Waals surface area contributed by atoms with E-state index in [2.05, 4.69) is 20.9 Å². The number of carbonyl (C=O) groups excluding carboxylic acids is 1. The van der Waals surface area contributed by atoms with Crippen molar-refractivity contribution in [3.63, 3.8) is 0 Å². The van der Waals surface area contributed by atoms with E-state index in [4.69, 9.17) is 0 Å². The highest BCUT2D eigenvalue weighted by Crippen LogP contribution is 2.16. The van der Waals surface area contributed by atoms with Gasteiger partial charge in [0.2, 0.25) is 0 Å².